The van der Waals surface area contributed by atoms with E-state index in [2.05, 4.69) is 22.8 Å². The number of hydrogen-bond acceptors (Lipinski definition) is 4. The van der Waals surface area contributed by atoms with E-state index in [1.54, 1.807) is 36.6 Å². The fourth-order valence-corrected chi connectivity index (χ4v) is 4.21. The Hall–Kier alpha value is -1.56. The van der Waals surface area contributed by atoms with E-state index in [1.165, 1.54) is 4.88 Å². The summed E-state index contributed by atoms with van der Waals surface area (Å²) < 4.78 is 10.8. The minimum absolute atomic E-state index is 0.0616. The van der Waals surface area contributed by atoms with Gasteiger partial charge in [0.25, 0.3) is 5.91 Å². The molecule has 4 nitrogen and oxygen atoms in total. The number of carbonyl (C=O) groups is 1. The highest BCUT2D eigenvalue weighted by Gasteiger charge is 2.36. The molecule has 1 fully saturated rings. The average molecular weight is 366 g/mol. The summed E-state index contributed by atoms with van der Waals surface area (Å²) in [6.07, 6.45) is 1.81. The van der Waals surface area contributed by atoms with Crippen LogP contribution in [0.5, 0.6) is 5.75 Å². The quantitative estimate of drug-likeness (QED) is 0.874. The summed E-state index contributed by atoms with van der Waals surface area (Å²) in [6.45, 7) is 2.01. The normalized spacial score (nSPS) is 16.6. The van der Waals surface area contributed by atoms with Crippen molar-refractivity contribution in [2.45, 2.75) is 18.3 Å². The molecule has 1 N–H and O–H groups in total. The minimum atomic E-state index is -0.170. The zero-order valence-corrected chi connectivity index (χ0v) is 15.1. The Kier molecular flexibility index (Phi) is 5.43. The summed E-state index contributed by atoms with van der Waals surface area (Å²) in [5, 5.41) is 5.66. The lowest BCUT2D eigenvalue weighted by atomic mass is 9.78. The lowest BCUT2D eigenvalue weighted by molar-refractivity contribution is 0.0498. The highest BCUT2D eigenvalue weighted by molar-refractivity contribution is 7.10. The molecule has 1 aromatic heterocycles. The number of benzene rings is 1. The number of rotatable bonds is 5. The van der Waals surface area contributed by atoms with Gasteiger partial charge in [0.05, 0.1) is 12.7 Å². The van der Waals surface area contributed by atoms with E-state index in [9.17, 15) is 4.79 Å². The molecule has 0 saturated carbocycles. The summed E-state index contributed by atoms with van der Waals surface area (Å²) in [4.78, 5) is 13.9. The molecule has 3 rings (SSSR count). The highest BCUT2D eigenvalue weighted by atomic mass is 35.5. The molecule has 1 amide bonds. The van der Waals surface area contributed by atoms with Crippen molar-refractivity contribution in [3.63, 3.8) is 0 Å². The molecule has 0 bridgehead atoms. The Morgan fingerprint density at radius 1 is 1.38 bits per heavy atom. The van der Waals surface area contributed by atoms with Crippen LogP contribution in [-0.4, -0.2) is 32.8 Å². The number of ether oxygens (including phenoxy) is 2. The molecule has 1 aliphatic rings. The molecule has 0 unspecified atom stereocenters. The first-order valence-electron chi connectivity index (χ1n) is 7.88. The number of methoxy groups -OCH3 is 1. The number of carbonyl (C=O) groups excluding carboxylic acids is 1. The summed E-state index contributed by atoms with van der Waals surface area (Å²) in [5.41, 5.74) is 0.395. The van der Waals surface area contributed by atoms with Gasteiger partial charge in [-0.15, -0.1) is 11.3 Å². The van der Waals surface area contributed by atoms with Crippen LogP contribution >= 0.6 is 22.9 Å². The summed E-state index contributed by atoms with van der Waals surface area (Å²) in [5.74, 6) is 0.353. The molecular weight excluding hydrogens is 346 g/mol. The van der Waals surface area contributed by atoms with Crippen LogP contribution in [0.3, 0.4) is 0 Å². The molecule has 6 heteroatoms. The Balaban J connectivity index is 1.78. The summed E-state index contributed by atoms with van der Waals surface area (Å²) in [6, 6.07) is 9.25. The largest absolute Gasteiger partial charge is 0.496 e. The Morgan fingerprint density at radius 3 is 2.83 bits per heavy atom. The topological polar surface area (TPSA) is 47.6 Å². The van der Waals surface area contributed by atoms with E-state index in [0.29, 0.717) is 36.1 Å². The van der Waals surface area contributed by atoms with Crippen molar-refractivity contribution in [1.29, 1.82) is 0 Å². The van der Waals surface area contributed by atoms with Crippen LogP contribution in [0.4, 0.5) is 0 Å². The van der Waals surface area contributed by atoms with E-state index in [4.69, 9.17) is 21.1 Å². The molecular formula is C18H20ClNO3S. The van der Waals surface area contributed by atoms with Crippen LogP contribution in [0.15, 0.2) is 35.7 Å². The second-order valence-electron chi connectivity index (χ2n) is 5.90. The monoisotopic (exact) mass is 365 g/mol. The Bertz CT molecular complexity index is 696. The van der Waals surface area contributed by atoms with Crippen molar-refractivity contribution in [2.75, 3.05) is 26.9 Å². The number of hydrogen-bond donors (Lipinski definition) is 1. The number of nitrogens with one attached hydrogen (secondary N) is 1. The van der Waals surface area contributed by atoms with Crippen LogP contribution in [0.1, 0.15) is 28.1 Å². The molecule has 0 spiro atoms. The van der Waals surface area contributed by atoms with E-state index >= 15 is 0 Å². The molecule has 2 heterocycles. The van der Waals surface area contributed by atoms with E-state index in [1.807, 2.05) is 0 Å². The number of halogens is 1. The third-order valence-electron chi connectivity index (χ3n) is 4.49. The lowest BCUT2D eigenvalue weighted by Gasteiger charge is -2.36. The molecule has 0 aliphatic carbocycles. The highest BCUT2D eigenvalue weighted by Crippen LogP contribution is 2.37. The fourth-order valence-electron chi connectivity index (χ4n) is 3.06. The first-order chi connectivity index (χ1) is 11.6. The van der Waals surface area contributed by atoms with E-state index < -0.39 is 0 Å². The van der Waals surface area contributed by atoms with Crippen LogP contribution in [0.25, 0.3) is 0 Å². The minimum Gasteiger partial charge on any atom is -0.496 e. The maximum absolute atomic E-state index is 12.7. The van der Waals surface area contributed by atoms with Crippen molar-refractivity contribution >= 4 is 28.8 Å². The van der Waals surface area contributed by atoms with Gasteiger partial charge < -0.3 is 14.8 Å². The van der Waals surface area contributed by atoms with Gasteiger partial charge in [-0.3, -0.25) is 4.79 Å². The van der Waals surface area contributed by atoms with Crippen LogP contribution < -0.4 is 10.1 Å². The average Bonchev–Trinajstić information content (AvgIpc) is 3.16. The van der Waals surface area contributed by atoms with Gasteiger partial charge in [-0.1, -0.05) is 17.7 Å². The van der Waals surface area contributed by atoms with Gasteiger partial charge in [-0.25, -0.2) is 0 Å². The molecule has 128 valence electrons. The second kappa shape index (κ2) is 7.55. The Morgan fingerprint density at radius 2 is 2.17 bits per heavy atom. The fraction of sp³-hybridized carbons (Fsp3) is 0.389. The summed E-state index contributed by atoms with van der Waals surface area (Å²) >= 11 is 7.76. The van der Waals surface area contributed by atoms with Crippen molar-refractivity contribution in [3.8, 4) is 5.75 Å². The van der Waals surface area contributed by atoms with Crippen molar-refractivity contribution in [1.82, 2.24) is 5.32 Å². The standard InChI is InChI=1S/C18H20ClNO3S/c1-22-15-5-4-13(19)11-14(15)17(21)20-12-18(6-8-23-9-7-18)16-3-2-10-24-16/h2-5,10-11H,6-9,12H2,1H3,(H,20,21). The van der Waals surface area contributed by atoms with Gasteiger partial charge in [0, 0.05) is 35.1 Å². The van der Waals surface area contributed by atoms with Gasteiger partial charge >= 0.3 is 0 Å². The molecule has 1 aromatic carbocycles. The molecule has 2 aromatic rings. The smallest absolute Gasteiger partial charge is 0.255 e. The number of amides is 1. The maximum atomic E-state index is 12.7. The zero-order chi connectivity index (χ0) is 17.0. The lowest BCUT2D eigenvalue weighted by Crippen LogP contribution is -2.44. The molecule has 1 aliphatic heterocycles. The van der Waals surface area contributed by atoms with Crippen LogP contribution in [-0.2, 0) is 10.2 Å². The van der Waals surface area contributed by atoms with Crippen molar-refractivity contribution < 1.29 is 14.3 Å². The second-order valence-corrected chi connectivity index (χ2v) is 7.28. The van der Waals surface area contributed by atoms with Gasteiger partial charge in [-0.2, -0.15) is 0 Å². The Labute approximate surface area is 150 Å². The molecule has 0 radical (unpaired) electrons. The van der Waals surface area contributed by atoms with Gasteiger partial charge in [0.1, 0.15) is 5.75 Å². The third-order valence-corrected chi connectivity index (χ3v) is 5.84. The first kappa shape index (κ1) is 17.3. The van der Waals surface area contributed by atoms with Crippen molar-refractivity contribution in [2.24, 2.45) is 0 Å². The molecule has 1 saturated heterocycles. The van der Waals surface area contributed by atoms with E-state index in [-0.39, 0.29) is 11.3 Å². The maximum Gasteiger partial charge on any atom is 0.255 e. The van der Waals surface area contributed by atoms with Gasteiger partial charge in [-0.05, 0) is 42.5 Å². The van der Waals surface area contributed by atoms with Crippen LogP contribution in [0.2, 0.25) is 5.02 Å². The van der Waals surface area contributed by atoms with Gasteiger partial charge in [0.15, 0.2) is 0 Å². The summed E-state index contributed by atoms with van der Waals surface area (Å²) in [7, 11) is 1.55. The first-order valence-corrected chi connectivity index (χ1v) is 9.14. The number of thiophene rings is 1. The SMILES string of the molecule is COc1ccc(Cl)cc1C(=O)NCC1(c2cccs2)CCOCC1. The van der Waals surface area contributed by atoms with Gasteiger partial charge in [0.2, 0.25) is 0 Å². The van der Waals surface area contributed by atoms with Crippen molar-refractivity contribution in [3.05, 3.63) is 51.2 Å². The molecule has 0 atom stereocenters. The third kappa shape index (κ3) is 3.58. The van der Waals surface area contributed by atoms with Crippen LogP contribution in [0, 0.1) is 0 Å². The molecule has 24 heavy (non-hydrogen) atoms. The zero-order valence-electron chi connectivity index (χ0n) is 13.5. The van der Waals surface area contributed by atoms with E-state index in [0.717, 1.165) is 12.8 Å². The predicted molar refractivity (Wildman–Crippen MR) is 96.4 cm³/mol. The predicted octanol–water partition coefficient (Wildman–Crippen LogP) is 3.89.